The number of hydrogen-bond donors (Lipinski definition) is 1. The van der Waals surface area contributed by atoms with Gasteiger partial charge in [-0.2, -0.15) is 16.9 Å². The smallest absolute Gasteiger partial charge is 0.145 e. The van der Waals surface area contributed by atoms with E-state index in [9.17, 15) is 0 Å². The predicted octanol–water partition coefficient (Wildman–Crippen LogP) is 0.823. The zero-order valence-electron chi connectivity index (χ0n) is 9.15. The Kier molecular flexibility index (Phi) is 3.53. The van der Waals surface area contributed by atoms with Gasteiger partial charge in [0.1, 0.15) is 5.82 Å². The van der Waals surface area contributed by atoms with Crippen molar-refractivity contribution in [1.29, 1.82) is 0 Å². The zero-order chi connectivity index (χ0) is 10.7. The fourth-order valence-corrected chi connectivity index (χ4v) is 2.80. The molecule has 0 aliphatic carbocycles. The van der Waals surface area contributed by atoms with Crippen molar-refractivity contribution in [2.24, 2.45) is 0 Å². The average molecular weight is 226 g/mol. The van der Waals surface area contributed by atoms with Gasteiger partial charge in [-0.1, -0.05) is 0 Å². The van der Waals surface area contributed by atoms with Crippen LogP contribution in [0.5, 0.6) is 0 Å². The molecule has 0 radical (unpaired) electrons. The topological polar surface area (TPSA) is 47.1 Å². The van der Waals surface area contributed by atoms with Crippen LogP contribution >= 0.6 is 11.8 Å². The molecular weight excluding hydrogens is 208 g/mol. The molecule has 15 heavy (non-hydrogen) atoms. The summed E-state index contributed by atoms with van der Waals surface area (Å²) in [6, 6.07) is 1.92. The summed E-state index contributed by atoms with van der Waals surface area (Å²) >= 11 is 2.04. The third kappa shape index (κ3) is 2.89. The highest BCUT2D eigenvalue weighted by Gasteiger charge is 2.10. The molecule has 0 bridgehead atoms. The van der Waals surface area contributed by atoms with Crippen LogP contribution in [0.4, 0.5) is 5.82 Å². The monoisotopic (exact) mass is 226 g/mol. The molecule has 2 N–H and O–H groups in total. The van der Waals surface area contributed by atoms with Crippen LogP contribution in [0.25, 0.3) is 0 Å². The SMILES string of the molecule is Cc1cc(N)nn1CCN1CCSCC1. The molecule has 0 amide bonds. The van der Waals surface area contributed by atoms with Gasteiger partial charge in [0.25, 0.3) is 0 Å². The molecule has 0 saturated carbocycles. The maximum absolute atomic E-state index is 5.64. The number of aromatic nitrogens is 2. The first-order chi connectivity index (χ1) is 7.25. The first kappa shape index (κ1) is 10.8. The molecule has 84 valence electrons. The van der Waals surface area contributed by atoms with Crippen LogP contribution < -0.4 is 5.73 Å². The summed E-state index contributed by atoms with van der Waals surface area (Å²) in [7, 11) is 0. The standard InChI is InChI=1S/C10H18N4S/c1-9-8-10(11)12-14(9)3-2-13-4-6-15-7-5-13/h8H,2-7H2,1H3,(H2,11,12). The van der Waals surface area contributed by atoms with Crippen LogP contribution in [0, 0.1) is 6.92 Å². The van der Waals surface area contributed by atoms with Crippen LogP contribution in [0.2, 0.25) is 0 Å². The lowest BCUT2D eigenvalue weighted by atomic mass is 10.4. The number of rotatable bonds is 3. The highest BCUT2D eigenvalue weighted by molar-refractivity contribution is 7.99. The summed E-state index contributed by atoms with van der Waals surface area (Å²) in [5.41, 5.74) is 6.79. The van der Waals surface area contributed by atoms with Gasteiger partial charge in [-0.15, -0.1) is 0 Å². The molecule has 1 aliphatic rings. The van der Waals surface area contributed by atoms with E-state index in [2.05, 4.69) is 16.9 Å². The van der Waals surface area contributed by atoms with E-state index in [1.807, 2.05) is 22.5 Å². The minimum absolute atomic E-state index is 0.627. The highest BCUT2D eigenvalue weighted by Crippen LogP contribution is 2.09. The van der Waals surface area contributed by atoms with Gasteiger partial charge in [-0.25, -0.2) is 0 Å². The van der Waals surface area contributed by atoms with Crippen molar-refractivity contribution in [1.82, 2.24) is 14.7 Å². The fraction of sp³-hybridized carbons (Fsp3) is 0.700. The van der Waals surface area contributed by atoms with E-state index in [4.69, 9.17) is 5.73 Å². The number of aryl methyl sites for hydroxylation is 1. The van der Waals surface area contributed by atoms with E-state index in [-0.39, 0.29) is 0 Å². The van der Waals surface area contributed by atoms with Gasteiger partial charge >= 0.3 is 0 Å². The summed E-state index contributed by atoms with van der Waals surface area (Å²) in [6.45, 7) is 6.51. The lowest BCUT2D eigenvalue weighted by molar-refractivity contribution is 0.283. The average Bonchev–Trinajstić information content (AvgIpc) is 2.56. The lowest BCUT2D eigenvalue weighted by Gasteiger charge is -2.26. The number of thioether (sulfide) groups is 1. The van der Waals surface area contributed by atoms with Gasteiger partial charge in [0.15, 0.2) is 0 Å². The van der Waals surface area contributed by atoms with Crippen LogP contribution in [-0.4, -0.2) is 45.8 Å². The van der Waals surface area contributed by atoms with E-state index in [1.54, 1.807) is 0 Å². The highest BCUT2D eigenvalue weighted by atomic mass is 32.2. The molecule has 5 heteroatoms. The summed E-state index contributed by atoms with van der Waals surface area (Å²) in [5.74, 6) is 3.15. The van der Waals surface area contributed by atoms with Crippen LogP contribution in [0.15, 0.2) is 6.07 Å². The van der Waals surface area contributed by atoms with Crippen LogP contribution in [0.3, 0.4) is 0 Å². The molecule has 2 rings (SSSR count). The van der Waals surface area contributed by atoms with Crippen molar-refractivity contribution in [3.05, 3.63) is 11.8 Å². The second-order valence-electron chi connectivity index (χ2n) is 3.89. The Balaban J connectivity index is 1.84. The number of hydrogen-bond acceptors (Lipinski definition) is 4. The molecular formula is C10H18N4S. The molecule has 1 aliphatic heterocycles. The molecule has 0 atom stereocenters. The maximum atomic E-state index is 5.64. The minimum atomic E-state index is 0.627. The van der Waals surface area contributed by atoms with Gasteiger partial charge < -0.3 is 5.73 Å². The van der Waals surface area contributed by atoms with Gasteiger partial charge in [-0.3, -0.25) is 9.58 Å². The summed E-state index contributed by atoms with van der Waals surface area (Å²) in [5, 5.41) is 4.26. The molecule has 4 nitrogen and oxygen atoms in total. The van der Waals surface area contributed by atoms with Gasteiger partial charge in [0, 0.05) is 42.9 Å². The largest absolute Gasteiger partial charge is 0.382 e. The van der Waals surface area contributed by atoms with Crippen molar-refractivity contribution in [3.8, 4) is 0 Å². The molecule has 2 heterocycles. The Morgan fingerprint density at radius 2 is 2.13 bits per heavy atom. The van der Waals surface area contributed by atoms with Gasteiger partial charge in [0.05, 0.1) is 6.54 Å². The number of nitrogen functional groups attached to an aromatic ring is 1. The Morgan fingerprint density at radius 3 is 2.73 bits per heavy atom. The van der Waals surface area contributed by atoms with Crippen LogP contribution in [-0.2, 0) is 6.54 Å². The minimum Gasteiger partial charge on any atom is -0.382 e. The Morgan fingerprint density at radius 1 is 1.40 bits per heavy atom. The zero-order valence-corrected chi connectivity index (χ0v) is 9.96. The van der Waals surface area contributed by atoms with Gasteiger partial charge in [0.2, 0.25) is 0 Å². The lowest BCUT2D eigenvalue weighted by Crippen LogP contribution is -2.35. The van der Waals surface area contributed by atoms with Crippen molar-refractivity contribution in [2.45, 2.75) is 13.5 Å². The van der Waals surface area contributed by atoms with Crippen molar-refractivity contribution in [3.63, 3.8) is 0 Å². The van der Waals surface area contributed by atoms with E-state index >= 15 is 0 Å². The molecule has 1 saturated heterocycles. The van der Waals surface area contributed by atoms with E-state index in [0.29, 0.717) is 5.82 Å². The predicted molar refractivity (Wildman–Crippen MR) is 65.1 cm³/mol. The van der Waals surface area contributed by atoms with E-state index < -0.39 is 0 Å². The first-order valence-corrected chi connectivity index (χ1v) is 6.51. The molecule has 1 aromatic rings. The number of nitrogens with two attached hydrogens (primary N) is 1. The Labute approximate surface area is 94.8 Å². The number of nitrogens with zero attached hydrogens (tertiary/aromatic N) is 3. The molecule has 0 aromatic carbocycles. The Bertz CT molecular complexity index is 317. The first-order valence-electron chi connectivity index (χ1n) is 5.36. The van der Waals surface area contributed by atoms with Crippen molar-refractivity contribution in [2.75, 3.05) is 36.9 Å². The number of anilines is 1. The second-order valence-corrected chi connectivity index (χ2v) is 5.11. The molecule has 0 unspecified atom stereocenters. The molecule has 1 fully saturated rings. The summed E-state index contributed by atoms with van der Waals surface area (Å²) < 4.78 is 2.00. The van der Waals surface area contributed by atoms with Crippen molar-refractivity contribution >= 4 is 17.6 Å². The van der Waals surface area contributed by atoms with Crippen LogP contribution in [0.1, 0.15) is 5.69 Å². The Hall–Kier alpha value is -0.680. The summed E-state index contributed by atoms with van der Waals surface area (Å²) in [4.78, 5) is 2.49. The fourth-order valence-electron chi connectivity index (χ4n) is 1.82. The normalized spacial score (nSPS) is 18.2. The third-order valence-corrected chi connectivity index (χ3v) is 3.67. The third-order valence-electron chi connectivity index (χ3n) is 2.73. The molecule has 0 spiro atoms. The second kappa shape index (κ2) is 4.90. The maximum Gasteiger partial charge on any atom is 0.145 e. The van der Waals surface area contributed by atoms with Crippen molar-refractivity contribution < 1.29 is 0 Å². The van der Waals surface area contributed by atoms with Gasteiger partial charge in [-0.05, 0) is 6.92 Å². The van der Waals surface area contributed by atoms with E-state index in [1.165, 1.54) is 24.6 Å². The quantitative estimate of drug-likeness (QED) is 0.829. The summed E-state index contributed by atoms with van der Waals surface area (Å²) in [6.07, 6.45) is 0. The molecule has 1 aromatic heterocycles. The van der Waals surface area contributed by atoms with E-state index in [0.717, 1.165) is 18.8 Å².